The highest BCUT2D eigenvalue weighted by Gasteiger charge is 2.12. The topological polar surface area (TPSA) is 32.3 Å². The van der Waals surface area contributed by atoms with Gasteiger partial charge in [0.25, 0.3) is 0 Å². The first-order valence-corrected chi connectivity index (χ1v) is 8.77. The van der Waals surface area contributed by atoms with Crippen LogP contribution in [0.15, 0.2) is 0 Å². The summed E-state index contributed by atoms with van der Waals surface area (Å²) in [7, 11) is 7.85. The molecule has 20 heavy (non-hydrogen) atoms. The van der Waals surface area contributed by atoms with Gasteiger partial charge in [-0.25, -0.2) is 0 Å². The SMILES string of the molecule is C.C.C.CCCSSCC(CN(C)C)NC(=O)CCC. The summed E-state index contributed by atoms with van der Waals surface area (Å²) in [6.07, 6.45) is 2.76. The number of carbonyl (C=O) groups excluding carboxylic acids is 1. The molecule has 1 unspecified atom stereocenters. The fourth-order valence-corrected chi connectivity index (χ4v) is 3.75. The normalized spacial score (nSPS) is 10.8. The molecule has 0 spiro atoms. The zero-order valence-electron chi connectivity index (χ0n) is 11.5. The molecule has 0 bridgehead atoms. The van der Waals surface area contributed by atoms with Crippen molar-refractivity contribution in [2.24, 2.45) is 0 Å². The maximum Gasteiger partial charge on any atom is 0.220 e. The lowest BCUT2D eigenvalue weighted by atomic mass is 10.2. The number of nitrogens with zero attached hydrogens (tertiary/aromatic N) is 1. The smallest absolute Gasteiger partial charge is 0.220 e. The number of hydrogen-bond donors (Lipinski definition) is 1. The molecule has 1 atom stereocenters. The highest BCUT2D eigenvalue weighted by atomic mass is 33.1. The van der Waals surface area contributed by atoms with Gasteiger partial charge >= 0.3 is 0 Å². The van der Waals surface area contributed by atoms with Crippen LogP contribution in [0.4, 0.5) is 0 Å². The first-order valence-electron chi connectivity index (χ1n) is 6.28. The minimum Gasteiger partial charge on any atom is -0.351 e. The highest BCUT2D eigenvalue weighted by molar-refractivity contribution is 8.76. The Morgan fingerprint density at radius 3 is 2.15 bits per heavy atom. The molecule has 0 aliphatic heterocycles. The lowest BCUT2D eigenvalue weighted by Gasteiger charge is -2.21. The summed E-state index contributed by atoms with van der Waals surface area (Å²) >= 11 is 0. The third-order valence-electron chi connectivity index (χ3n) is 2.07. The minimum atomic E-state index is 0. The van der Waals surface area contributed by atoms with E-state index in [1.807, 2.05) is 42.6 Å². The van der Waals surface area contributed by atoms with Gasteiger partial charge in [-0.3, -0.25) is 4.79 Å². The van der Waals surface area contributed by atoms with Crippen LogP contribution < -0.4 is 5.32 Å². The van der Waals surface area contributed by atoms with Crippen LogP contribution in [0, 0.1) is 0 Å². The maximum atomic E-state index is 11.6. The first-order chi connectivity index (χ1) is 8.10. The van der Waals surface area contributed by atoms with Crippen LogP contribution in [0.3, 0.4) is 0 Å². The van der Waals surface area contributed by atoms with Gasteiger partial charge in [-0.1, -0.05) is 57.7 Å². The molecule has 126 valence electrons. The van der Waals surface area contributed by atoms with Gasteiger partial charge in [0.1, 0.15) is 0 Å². The van der Waals surface area contributed by atoms with E-state index in [4.69, 9.17) is 0 Å². The number of hydrogen-bond acceptors (Lipinski definition) is 4. The van der Waals surface area contributed by atoms with Crippen molar-refractivity contribution in [2.75, 3.05) is 32.1 Å². The Morgan fingerprint density at radius 2 is 1.70 bits per heavy atom. The molecule has 0 aromatic heterocycles. The number of amides is 1. The zero-order chi connectivity index (χ0) is 13.1. The summed E-state index contributed by atoms with van der Waals surface area (Å²) in [6.45, 7) is 5.13. The van der Waals surface area contributed by atoms with Crippen molar-refractivity contribution < 1.29 is 4.79 Å². The molecular formula is C15H38N2OS2. The third-order valence-corrected chi connectivity index (χ3v) is 4.76. The standard InChI is InChI=1S/C12H26N2OS2.3CH4/c1-5-7-12(15)13-11(9-14(3)4)10-17-16-8-6-2;;;/h11H,5-10H2,1-4H3,(H,13,15);3*1H4. The number of carbonyl (C=O) groups is 1. The van der Waals surface area contributed by atoms with E-state index in [1.54, 1.807) is 0 Å². The Labute approximate surface area is 136 Å². The van der Waals surface area contributed by atoms with Crippen molar-refractivity contribution >= 4 is 27.5 Å². The van der Waals surface area contributed by atoms with Crippen molar-refractivity contribution in [1.82, 2.24) is 10.2 Å². The Balaban J connectivity index is -0.000000427. The molecule has 3 nitrogen and oxygen atoms in total. The zero-order valence-corrected chi connectivity index (χ0v) is 13.1. The molecule has 1 N–H and O–H groups in total. The monoisotopic (exact) mass is 326 g/mol. The van der Waals surface area contributed by atoms with E-state index in [0.29, 0.717) is 6.42 Å². The maximum absolute atomic E-state index is 11.6. The number of likely N-dealkylation sites (N-methyl/N-ethyl adjacent to an activating group) is 1. The van der Waals surface area contributed by atoms with Gasteiger partial charge in [-0.2, -0.15) is 0 Å². The van der Waals surface area contributed by atoms with Gasteiger partial charge in [-0.15, -0.1) is 0 Å². The van der Waals surface area contributed by atoms with Gasteiger partial charge in [-0.05, 0) is 26.9 Å². The summed E-state index contributed by atoms with van der Waals surface area (Å²) in [4.78, 5) is 13.7. The summed E-state index contributed by atoms with van der Waals surface area (Å²) in [5.74, 6) is 2.35. The fourth-order valence-electron chi connectivity index (χ4n) is 1.38. The van der Waals surface area contributed by atoms with Gasteiger partial charge in [0.05, 0.1) is 6.04 Å². The van der Waals surface area contributed by atoms with Crippen molar-refractivity contribution in [3.63, 3.8) is 0 Å². The predicted molar refractivity (Wildman–Crippen MR) is 101 cm³/mol. The van der Waals surface area contributed by atoms with E-state index in [2.05, 4.69) is 17.1 Å². The van der Waals surface area contributed by atoms with E-state index >= 15 is 0 Å². The van der Waals surface area contributed by atoms with Crippen LogP contribution in [0.5, 0.6) is 0 Å². The van der Waals surface area contributed by atoms with Crippen molar-refractivity contribution in [3.05, 3.63) is 0 Å². The second-order valence-electron chi connectivity index (χ2n) is 4.38. The van der Waals surface area contributed by atoms with Crippen LogP contribution in [0.25, 0.3) is 0 Å². The summed E-state index contributed by atoms with van der Waals surface area (Å²) < 4.78 is 0. The number of rotatable bonds is 10. The van der Waals surface area contributed by atoms with E-state index < -0.39 is 0 Å². The molecule has 0 saturated carbocycles. The van der Waals surface area contributed by atoms with Crippen LogP contribution in [0.1, 0.15) is 55.4 Å². The molecule has 0 aliphatic rings. The van der Waals surface area contributed by atoms with Crippen LogP contribution in [-0.4, -0.2) is 49.0 Å². The van der Waals surface area contributed by atoms with Crippen LogP contribution in [0.2, 0.25) is 0 Å². The lowest BCUT2D eigenvalue weighted by molar-refractivity contribution is -0.121. The van der Waals surface area contributed by atoms with E-state index in [-0.39, 0.29) is 34.2 Å². The molecule has 1 amide bonds. The summed E-state index contributed by atoms with van der Waals surface area (Å²) in [5, 5.41) is 3.11. The molecule has 0 rings (SSSR count). The third kappa shape index (κ3) is 18.1. The number of nitrogens with one attached hydrogen (secondary N) is 1. The van der Waals surface area contributed by atoms with Gasteiger partial charge in [0.2, 0.25) is 5.91 Å². The Kier molecular flexibility index (Phi) is 27.1. The average Bonchev–Trinajstić information content (AvgIpc) is 2.23. The molecule has 0 heterocycles. The molecule has 0 aliphatic carbocycles. The van der Waals surface area contributed by atoms with Gasteiger partial charge < -0.3 is 10.2 Å². The Bertz CT molecular complexity index is 202. The molecular weight excluding hydrogens is 288 g/mol. The molecule has 0 aromatic rings. The van der Waals surface area contributed by atoms with Crippen LogP contribution in [-0.2, 0) is 4.79 Å². The molecule has 5 heteroatoms. The van der Waals surface area contributed by atoms with Crippen molar-refractivity contribution in [1.29, 1.82) is 0 Å². The molecule has 0 radical (unpaired) electrons. The quantitative estimate of drug-likeness (QED) is 0.472. The second kappa shape index (κ2) is 19.1. The molecule has 0 aromatic carbocycles. The Morgan fingerprint density at radius 1 is 1.10 bits per heavy atom. The van der Waals surface area contributed by atoms with Crippen LogP contribution >= 0.6 is 21.6 Å². The minimum absolute atomic E-state index is 0. The van der Waals surface area contributed by atoms with E-state index in [0.717, 1.165) is 18.7 Å². The Hall–Kier alpha value is 0.130. The highest BCUT2D eigenvalue weighted by Crippen LogP contribution is 2.22. The predicted octanol–water partition coefficient (Wildman–Crippen LogP) is 4.53. The summed E-state index contributed by atoms with van der Waals surface area (Å²) in [5.41, 5.74) is 0. The summed E-state index contributed by atoms with van der Waals surface area (Å²) in [6, 6.07) is 0.262. The van der Waals surface area contributed by atoms with Crippen molar-refractivity contribution in [3.8, 4) is 0 Å². The molecule has 0 fully saturated rings. The van der Waals surface area contributed by atoms with E-state index in [1.165, 1.54) is 12.2 Å². The first kappa shape index (κ1) is 28.3. The second-order valence-corrected chi connectivity index (χ2v) is 7.01. The fraction of sp³-hybridized carbons (Fsp3) is 0.933. The lowest BCUT2D eigenvalue weighted by Crippen LogP contribution is -2.43. The van der Waals surface area contributed by atoms with E-state index in [9.17, 15) is 4.79 Å². The van der Waals surface area contributed by atoms with Crippen molar-refractivity contribution in [2.45, 2.75) is 61.4 Å². The largest absolute Gasteiger partial charge is 0.351 e. The van der Waals surface area contributed by atoms with Gasteiger partial charge in [0.15, 0.2) is 0 Å². The average molecular weight is 327 g/mol. The van der Waals surface area contributed by atoms with Gasteiger partial charge in [0, 0.05) is 24.5 Å². The molecule has 0 saturated heterocycles.